The SMILES string of the molecule is CCCCCCC(O)C[N+](CC)(CC)CC(C)C(=O)[O-]. The zero-order chi connectivity index (χ0) is 15.6. The van der Waals surface area contributed by atoms with E-state index >= 15 is 0 Å². The molecule has 0 spiro atoms. The highest BCUT2D eigenvalue weighted by molar-refractivity contribution is 5.67. The minimum absolute atomic E-state index is 0.333. The Bertz CT molecular complexity index is 264. The third-order valence-electron chi connectivity index (χ3n) is 4.39. The molecule has 0 aliphatic rings. The van der Waals surface area contributed by atoms with Crippen LogP contribution in [0, 0.1) is 5.92 Å². The zero-order valence-corrected chi connectivity index (χ0v) is 13.7. The molecule has 0 bridgehead atoms. The number of hydrogen-bond acceptors (Lipinski definition) is 3. The summed E-state index contributed by atoms with van der Waals surface area (Å²) >= 11 is 0. The van der Waals surface area contributed by atoms with Crippen LogP contribution >= 0.6 is 0 Å². The number of hydrogen-bond donors (Lipinski definition) is 1. The van der Waals surface area contributed by atoms with Crippen molar-refractivity contribution >= 4 is 5.97 Å². The predicted octanol–water partition coefficient (Wildman–Crippen LogP) is 1.56. The molecule has 4 heteroatoms. The number of carboxylic acid groups (broad SMARTS) is 1. The molecule has 0 saturated carbocycles. The van der Waals surface area contributed by atoms with Crippen LogP contribution in [-0.2, 0) is 4.79 Å². The fourth-order valence-corrected chi connectivity index (χ4v) is 2.82. The molecule has 0 heterocycles. The van der Waals surface area contributed by atoms with Crippen LogP contribution in [0.5, 0.6) is 0 Å². The van der Waals surface area contributed by atoms with E-state index in [0.717, 1.165) is 25.9 Å². The van der Waals surface area contributed by atoms with Gasteiger partial charge in [0.1, 0.15) is 12.6 Å². The van der Waals surface area contributed by atoms with Gasteiger partial charge in [0.05, 0.1) is 19.6 Å². The second-order valence-electron chi connectivity index (χ2n) is 6.06. The minimum Gasteiger partial charge on any atom is -0.550 e. The maximum absolute atomic E-state index is 11.0. The minimum atomic E-state index is -0.994. The van der Waals surface area contributed by atoms with E-state index in [2.05, 4.69) is 20.8 Å². The molecule has 2 atom stereocenters. The summed E-state index contributed by atoms with van der Waals surface area (Å²) in [6, 6.07) is 0. The highest BCUT2D eigenvalue weighted by Gasteiger charge is 2.29. The third kappa shape index (κ3) is 7.25. The Balaban J connectivity index is 4.39. The van der Waals surface area contributed by atoms with Crippen LogP contribution < -0.4 is 5.11 Å². The molecule has 4 nitrogen and oxygen atoms in total. The average Bonchev–Trinajstić information content (AvgIpc) is 2.42. The van der Waals surface area contributed by atoms with Crippen molar-refractivity contribution < 1.29 is 19.5 Å². The van der Waals surface area contributed by atoms with Gasteiger partial charge in [0, 0.05) is 11.9 Å². The van der Waals surface area contributed by atoms with Crippen molar-refractivity contribution in [2.75, 3.05) is 26.2 Å². The molecule has 0 aliphatic heterocycles. The fourth-order valence-electron chi connectivity index (χ4n) is 2.82. The van der Waals surface area contributed by atoms with E-state index < -0.39 is 11.9 Å². The Morgan fingerprint density at radius 1 is 1.10 bits per heavy atom. The Kier molecular flexibility index (Phi) is 9.86. The first kappa shape index (κ1) is 19.4. The molecular weight excluding hydrogens is 254 g/mol. The Labute approximate surface area is 124 Å². The van der Waals surface area contributed by atoms with E-state index in [0.29, 0.717) is 17.6 Å². The first-order chi connectivity index (χ1) is 9.40. The van der Waals surface area contributed by atoms with Gasteiger partial charge in [-0.2, -0.15) is 0 Å². The number of rotatable bonds is 12. The van der Waals surface area contributed by atoms with Gasteiger partial charge in [-0.1, -0.05) is 39.5 Å². The van der Waals surface area contributed by atoms with Crippen LogP contribution in [0.25, 0.3) is 0 Å². The summed E-state index contributed by atoms with van der Waals surface area (Å²) in [6.45, 7) is 10.9. The number of unbranched alkanes of at least 4 members (excludes halogenated alkanes) is 3. The lowest BCUT2D eigenvalue weighted by Gasteiger charge is -2.40. The lowest BCUT2D eigenvalue weighted by molar-refractivity contribution is -0.929. The van der Waals surface area contributed by atoms with E-state index in [4.69, 9.17) is 0 Å². The van der Waals surface area contributed by atoms with E-state index in [1.54, 1.807) is 6.92 Å². The van der Waals surface area contributed by atoms with Crippen LogP contribution in [0.3, 0.4) is 0 Å². The number of likely N-dealkylation sites (N-methyl/N-ethyl adjacent to an activating group) is 1. The maximum atomic E-state index is 11.0. The van der Waals surface area contributed by atoms with Gasteiger partial charge >= 0.3 is 0 Å². The van der Waals surface area contributed by atoms with Gasteiger partial charge in [-0.25, -0.2) is 0 Å². The summed E-state index contributed by atoms with van der Waals surface area (Å²) in [7, 11) is 0. The molecule has 20 heavy (non-hydrogen) atoms. The molecule has 0 aromatic heterocycles. The monoisotopic (exact) mass is 287 g/mol. The molecule has 1 N–H and O–H groups in total. The molecule has 0 radical (unpaired) electrons. The molecule has 0 rings (SSSR count). The van der Waals surface area contributed by atoms with E-state index in [1.807, 2.05) is 0 Å². The Morgan fingerprint density at radius 3 is 2.15 bits per heavy atom. The van der Waals surface area contributed by atoms with Gasteiger partial charge < -0.3 is 19.5 Å². The summed E-state index contributed by atoms with van der Waals surface area (Å²) in [4.78, 5) is 11.0. The van der Waals surface area contributed by atoms with Crippen molar-refractivity contribution in [3.05, 3.63) is 0 Å². The van der Waals surface area contributed by atoms with Gasteiger partial charge in [0.25, 0.3) is 0 Å². The normalized spacial score (nSPS) is 15.1. The number of nitrogens with zero attached hydrogens (tertiary/aromatic N) is 1. The maximum Gasteiger partial charge on any atom is 0.105 e. The van der Waals surface area contributed by atoms with Gasteiger partial charge in [-0.3, -0.25) is 0 Å². The van der Waals surface area contributed by atoms with Crippen molar-refractivity contribution in [3.8, 4) is 0 Å². The van der Waals surface area contributed by atoms with Crippen molar-refractivity contribution in [2.24, 2.45) is 5.92 Å². The third-order valence-corrected chi connectivity index (χ3v) is 4.39. The number of aliphatic hydroxyl groups is 1. The molecule has 0 amide bonds. The number of aliphatic hydroxyl groups excluding tert-OH is 1. The standard InChI is InChI=1S/C16H33NO3/c1-5-8-9-10-11-15(18)13-17(6-2,7-3)12-14(4)16(19)20/h14-15,18H,5-13H2,1-4H3. The van der Waals surface area contributed by atoms with Crippen LogP contribution in [0.15, 0.2) is 0 Å². The van der Waals surface area contributed by atoms with Crippen LogP contribution in [0.2, 0.25) is 0 Å². The summed E-state index contributed by atoms with van der Waals surface area (Å²) < 4.78 is 0.657. The van der Waals surface area contributed by atoms with E-state index in [1.165, 1.54) is 19.3 Å². The zero-order valence-electron chi connectivity index (χ0n) is 13.7. The van der Waals surface area contributed by atoms with Gasteiger partial charge in [-0.05, 0) is 20.3 Å². The molecule has 0 aromatic rings. The van der Waals surface area contributed by atoms with Crippen molar-refractivity contribution in [3.63, 3.8) is 0 Å². The van der Waals surface area contributed by atoms with Gasteiger partial charge in [0.15, 0.2) is 0 Å². The van der Waals surface area contributed by atoms with E-state index in [9.17, 15) is 15.0 Å². The van der Waals surface area contributed by atoms with Crippen molar-refractivity contribution in [1.82, 2.24) is 0 Å². The molecule has 120 valence electrons. The van der Waals surface area contributed by atoms with Crippen molar-refractivity contribution in [1.29, 1.82) is 0 Å². The Hall–Kier alpha value is -0.610. The van der Waals surface area contributed by atoms with E-state index in [-0.39, 0.29) is 6.10 Å². The van der Waals surface area contributed by atoms with Gasteiger partial charge in [-0.15, -0.1) is 0 Å². The summed E-state index contributed by atoms with van der Waals surface area (Å²) in [5, 5.41) is 21.2. The van der Waals surface area contributed by atoms with Crippen LogP contribution in [0.1, 0.15) is 59.8 Å². The number of quaternary nitrogens is 1. The first-order valence-electron chi connectivity index (χ1n) is 8.14. The van der Waals surface area contributed by atoms with Crippen molar-refractivity contribution in [2.45, 2.75) is 65.9 Å². The average molecular weight is 287 g/mol. The van der Waals surface area contributed by atoms with Crippen LogP contribution in [-0.4, -0.2) is 47.8 Å². The number of carboxylic acids is 1. The highest BCUT2D eigenvalue weighted by Crippen LogP contribution is 2.15. The molecule has 0 saturated heterocycles. The number of carbonyl (C=O) groups excluding carboxylic acids is 1. The smallest absolute Gasteiger partial charge is 0.105 e. The predicted molar refractivity (Wildman–Crippen MR) is 80.0 cm³/mol. The fraction of sp³-hybridized carbons (Fsp3) is 0.938. The second-order valence-corrected chi connectivity index (χ2v) is 6.06. The summed E-state index contributed by atoms with van der Waals surface area (Å²) in [5.41, 5.74) is 0. The van der Waals surface area contributed by atoms with Crippen LogP contribution in [0.4, 0.5) is 0 Å². The first-order valence-corrected chi connectivity index (χ1v) is 8.14. The number of aliphatic carboxylic acids is 1. The highest BCUT2D eigenvalue weighted by atomic mass is 16.4. The summed E-state index contributed by atoms with van der Waals surface area (Å²) in [6.07, 6.45) is 5.12. The second kappa shape index (κ2) is 10.2. The molecule has 0 aliphatic carbocycles. The topological polar surface area (TPSA) is 60.4 Å². The quantitative estimate of drug-likeness (QED) is 0.438. The molecular formula is C16H33NO3. The largest absolute Gasteiger partial charge is 0.550 e. The molecule has 0 fully saturated rings. The lowest BCUT2D eigenvalue weighted by Crippen LogP contribution is -2.56. The molecule has 0 aromatic carbocycles. The van der Waals surface area contributed by atoms with Gasteiger partial charge in [0.2, 0.25) is 0 Å². The Morgan fingerprint density at radius 2 is 1.70 bits per heavy atom. The summed E-state index contributed by atoms with van der Waals surface area (Å²) in [5.74, 6) is -1.46. The lowest BCUT2D eigenvalue weighted by atomic mass is 10.1. The molecule has 2 unspecified atom stereocenters. The number of carbonyl (C=O) groups is 1.